The lowest BCUT2D eigenvalue weighted by atomic mass is 9.96. The average Bonchev–Trinajstić information content (AvgIpc) is 2.52. The molecule has 0 saturated heterocycles. The molecule has 21 heavy (non-hydrogen) atoms. The number of nitrogens with one attached hydrogen (secondary N) is 1. The van der Waals surface area contributed by atoms with E-state index in [0.29, 0.717) is 0 Å². The summed E-state index contributed by atoms with van der Waals surface area (Å²) in [6, 6.07) is 9.09. The summed E-state index contributed by atoms with van der Waals surface area (Å²) in [7, 11) is 1.17. The van der Waals surface area contributed by atoms with Crippen molar-refractivity contribution in [3.8, 4) is 0 Å². The van der Waals surface area contributed by atoms with Gasteiger partial charge in [0, 0.05) is 6.42 Å². The number of carbonyl (C=O) groups excluding carboxylic acids is 2. The van der Waals surface area contributed by atoms with E-state index in [0.717, 1.165) is 5.56 Å². The molecule has 1 amide bonds. The zero-order valence-electron chi connectivity index (χ0n) is 11.9. The molecular formula is C15H19NO5. The first-order valence-corrected chi connectivity index (χ1v) is 6.37. The van der Waals surface area contributed by atoms with Crippen molar-refractivity contribution in [1.82, 2.24) is 5.32 Å². The zero-order valence-corrected chi connectivity index (χ0v) is 11.9. The summed E-state index contributed by atoms with van der Waals surface area (Å²) < 4.78 is 9.63. The number of hydrogen-bond acceptors (Lipinski definition) is 5. The summed E-state index contributed by atoms with van der Waals surface area (Å²) in [5.41, 5.74) is -0.770. The molecule has 0 heterocycles. The summed E-state index contributed by atoms with van der Waals surface area (Å²) in [4.78, 5) is 23.6. The Hall–Kier alpha value is -2.34. The van der Waals surface area contributed by atoms with Gasteiger partial charge in [0.1, 0.15) is 6.61 Å². The Labute approximate surface area is 123 Å². The summed E-state index contributed by atoms with van der Waals surface area (Å²) in [6.45, 7) is 2.94. The third kappa shape index (κ3) is 4.61. The van der Waals surface area contributed by atoms with Crippen LogP contribution in [-0.4, -0.2) is 36.4 Å². The minimum Gasteiger partial charge on any atom is -0.467 e. The summed E-state index contributed by atoms with van der Waals surface area (Å²) in [5, 5.41) is 11.8. The summed E-state index contributed by atoms with van der Waals surface area (Å²) in [5.74, 6) is -0.762. The quantitative estimate of drug-likeness (QED) is 0.586. The molecule has 114 valence electrons. The van der Waals surface area contributed by atoms with Gasteiger partial charge in [-0.15, -0.1) is 6.58 Å². The smallest absolute Gasteiger partial charge is 0.408 e. The van der Waals surface area contributed by atoms with Crippen LogP contribution in [-0.2, 0) is 20.9 Å². The Morgan fingerprint density at radius 1 is 1.38 bits per heavy atom. The highest BCUT2D eigenvalue weighted by atomic mass is 16.6. The largest absolute Gasteiger partial charge is 0.467 e. The molecule has 1 aromatic carbocycles. The Morgan fingerprint density at radius 2 is 2.05 bits per heavy atom. The molecule has 0 aliphatic carbocycles. The van der Waals surface area contributed by atoms with E-state index in [1.165, 1.54) is 13.2 Å². The number of hydrogen-bond donors (Lipinski definition) is 2. The first-order chi connectivity index (χ1) is 10.1. The van der Waals surface area contributed by atoms with Gasteiger partial charge in [-0.2, -0.15) is 0 Å². The molecule has 2 N–H and O–H groups in total. The molecule has 1 aromatic rings. The Morgan fingerprint density at radius 3 is 2.57 bits per heavy atom. The van der Waals surface area contributed by atoms with E-state index in [1.54, 1.807) is 12.1 Å². The lowest BCUT2D eigenvalue weighted by Gasteiger charge is -2.28. The maximum absolute atomic E-state index is 11.8. The van der Waals surface area contributed by atoms with Crippen LogP contribution in [0, 0.1) is 0 Å². The van der Waals surface area contributed by atoms with Gasteiger partial charge in [-0.05, 0) is 5.56 Å². The van der Waals surface area contributed by atoms with Crippen molar-refractivity contribution in [2.75, 3.05) is 13.7 Å². The molecule has 0 aromatic heterocycles. The van der Waals surface area contributed by atoms with Crippen LogP contribution in [0.2, 0.25) is 0 Å². The number of aliphatic hydroxyl groups excluding tert-OH is 1. The molecule has 1 atom stereocenters. The molecule has 6 heteroatoms. The van der Waals surface area contributed by atoms with Gasteiger partial charge < -0.3 is 19.9 Å². The molecule has 0 spiro atoms. The Kier molecular flexibility index (Phi) is 6.42. The number of aliphatic hydroxyl groups is 1. The first-order valence-electron chi connectivity index (χ1n) is 6.37. The maximum Gasteiger partial charge on any atom is 0.408 e. The number of carbonyl (C=O) groups is 2. The number of rotatable bonds is 7. The van der Waals surface area contributed by atoms with Gasteiger partial charge >= 0.3 is 12.1 Å². The SMILES string of the molecule is C=CC[C@@](CO)(NC(=O)OCc1ccccc1)C(=O)OC. The number of alkyl carbamates (subject to hydrolysis) is 1. The summed E-state index contributed by atoms with van der Waals surface area (Å²) in [6.07, 6.45) is 0.612. The molecule has 0 radical (unpaired) electrons. The van der Waals surface area contributed by atoms with Crippen LogP contribution in [0.3, 0.4) is 0 Å². The molecule has 0 fully saturated rings. The molecule has 0 bridgehead atoms. The average molecular weight is 293 g/mol. The van der Waals surface area contributed by atoms with E-state index in [1.807, 2.05) is 18.2 Å². The number of amides is 1. The van der Waals surface area contributed by atoms with Crippen molar-refractivity contribution in [3.05, 3.63) is 48.6 Å². The van der Waals surface area contributed by atoms with Crippen LogP contribution in [0.15, 0.2) is 43.0 Å². The van der Waals surface area contributed by atoms with Crippen LogP contribution in [0.5, 0.6) is 0 Å². The zero-order chi connectivity index (χ0) is 15.7. The standard InChI is InChI=1S/C15H19NO5/c1-3-9-15(11-17,13(18)20-2)16-14(19)21-10-12-7-5-4-6-8-12/h3-8,17H,1,9-11H2,2H3,(H,16,19)/t15-/m0/s1. The van der Waals surface area contributed by atoms with Gasteiger partial charge in [-0.3, -0.25) is 0 Å². The van der Waals surface area contributed by atoms with Crippen LogP contribution in [0.25, 0.3) is 0 Å². The topological polar surface area (TPSA) is 84.9 Å². The van der Waals surface area contributed by atoms with E-state index < -0.39 is 24.2 Å². The van der Waals surface area contributed by atoms with E-state index in [9.17, 15) is 14.7 Å². The third-order valence-electron chi connectivity index (χ3n) is 2.89. The van der Waals surface area contributed by atoms with Crippen molar-refractivity contribution in [2.24, 2.45) is 0 Å². The third-order valence-corrected chi connectivity index (χ3v) is 2.89. The minimum absolute atomic E-state index is 0.0244. The van der Waals surface area contributed by atoms with Gasteiger partial charge in [0.25, 0.3) is 0 Å². The van der Waals surface area contributed by atoms with Crippen molar-refractivity contribution in [1.29, 1.82) is 0 Å². The van der Waals surface area contributed by atoms with Crippen LogP contribution < -0.4 is 5.32 Å². The lowest BCUT2D eigenvalue weighted by molar-refractivity contribution is -0.150. The molecule has 0 unspecified atom stereocenters. The van der Waals surface area contributed by atoms with Gasteiger partial charge in [-0.25, -0.2) is 9.59 Å². The lowest BCUT2D eigenvalue weighted by Crippen LogP contribution is -2.57. The molecule has 0 aliphatic heterocycles. The van der Waals surface area contributed by atoms with E-state index >= 15 is 0 Å². The fourth-order valence-electron chi connectivity index (χ4n) is 1.75. The number of ether oxygens (including phenoxy) is 2. The number of esters is 1. The van der Waals surface area contributed by atoms with E-state index in [-0.39, 0.29) is 13.0 Å². The van der Waals surface area contributed by atoms with Gasteiger partial charge in [-0.1, -0.05) is 36.4 Å². The van der Waals surface area contributed by atoms with Gasteiger partial charge in [0.05, 0.1) is 13.7 Å². The second kappa shape index (κ2) is 8.06. The summed E-state index contributed by atoms with van der Waals surface area (Å²) >= 11 is 0. The fourth-order valence-corrected chi connectivity index (χ4v) is 1.75. The van der Waals surface area contributed by atoms with Gasteiger partial charge in [0.2, 0.25) is 0 Å². The molecule has 0 aliphatic rings. The molecule has 1 rings (SSSR count). The second-order valence-electron chi connectivity index (χ2n) is 4.41. The van der Waals surface area contributed by atoms with Crippen molar-refractivity contribution >= 4 is 12.1 Å². The highest BCUT2D eigenvalue weighted by Gasteiger charge is 2.40. The Balaban J connectivity index is 2.67. The van der Waals surface area contributed by atoms with Gasteiger partial charge in [0.15, 0.2) is 5.54 Å². The minimum atomic E-state index is -1.58. The van der Waals surface area contributed by atoms with Crippen LogP contribution in [0.1, 0.15) is 12.0 Å². The van der Waals surface area contributed by atoms with E-state index in [4.69, 9.17) is 4.74 Å². The first kappa shape index (κ1) is 16.7. The highest BCUT2D eigenvalue weighted by molar-refractivity contribution is 5.86. The molecule has 6 nitrogen and oxygen atoms in total. The number of methoxy groups -OCH3 is 1. The van der Waals surface area contributed by atoms with E-state index in [2.05, 4.69) is 16.6 Å². The maximum atomic E-state index is 11.8. The van der Waals surface area contributed by atoms with Crippen molar-refractivity contribution < 1.29 is 24.2 Å². The normalized spacial score (nSPS) is 12.9. The van der Waals surface area contributed by atoms with Crippen molar-refractivity contribution in [2.45, 2.75) is 18.6 Å². The monoisotopic (exact) mass is 293 g/mol. The Bertz CT molecular complexity index is 488. The van der Waals surface area contributed by atoms with Crippen molar-refractivity contribution in [3.63, 3.8) is 0 Å². The predicted molar refractivity (Wildman–Crippen MR) is 76.4 cm³/mol. The molecular weight excluding hydrogens is 274 g/mol. The predicted octanol–water partition coefficient (Wildman–Crippen LogP) is 1.39. The second-order valence-corrected chi connectivity index (χ2v) is 4.41. The molecule has 0 saturated carbocycles. The van der Waals surface area contributed by atoms with Crippen LogP contribution in [0.4, 0.5) is 4.79 Å². The highest BCUT2D eigenvalue weighted by Crippen LogP contribution is 2.13. The van der Waals surface area contributed by atoms with Crippen LogP contribution >= 0.6 is 0 Å². The fraction of sp³-hybridized carbons (Fsp3) is 0.333. The number of benzene rings is 1.